The summed E-state index contributed by atoms with van der Waals surface area (Å²) in [6.07, 6.45) is 0. The van der Waals surface area contributed by atoms with Crippen LogP contribution >= 0.6 is 22.3 Å². The highest BCUT2D eigenvalue weighted by atomic mass is 35.7. The highest BCUT2D eigenvalue weighted by Crippen LogP contribution is 2.27. The fourth-order valence-electron chi connectivity index (χ4n) is 1.91. The van der Waals surface area contributed by atoms with Crippen LogP contribution in [0, 0.1) is 6.92 Å². The summed E-state index contributed by atoms with van der Waals surface area (Å²) in [6.45, 7) is 7.83. The van der Waals surface area contributed by atoms with Crippen molar-refractivity contribution in [1.29, 1.82) is 0 Å². The molecule has 1 amide bonds. The highest BCUT2D eigenvalue weighted by molar-refractivity contribution is 8.13. The Labute approximate surface area is 129 Å². The van der Waals surface area contributed by atoms with Gasteiger partial charge in [-0.3, -0.25) is 4.79 Å². The Morgan fingerprint density at radius 3 is 2.30 bits per heavy atom. The minimum Gasteiger partial charge on any atom is -0.336 e. The molecule has 0 aliphatic heterocycles. The summed E-state index contributed by atoms with van der Waals surface area (Å²) in [5.74, 6) is -0.260. The van der Waals surface area contributed by atoms with Gasteiger partial charge in [-0.25, -0.2) is 8.42 Å². The molecule has 0 aliphatic carbocycles. The molecule has 1 aromatic rings. The molecule has 0 aromatic heterocycles. The van der Waals surface area contributed by atoms with Crippen LogP contribution in [0.5, 0.6) is 0 Å². The Morgan fingerprint density at radius 1 is 1.35 bits per heavy atom. The zero-order chi connectivity index (χ0) is 15.7. The van der Waals surface area contributed by atoms with Gasteiger partial charge in [-0.05, 0) is 45.4 Å². The van der Waals surface area contributed by atoms with Crippen LogP contribution in [-0.4, -0.2) is 31.8 Å². The maximum atomic E-state index is 12.5. The molecule has 0 N–H and O–H groups in total. The van der Waals surface area contributed by atoms with Crippen LogP contribution < -0.4 is 0 Å². The number of hydrogen-bond donors (Lipinski definition) is 0. The summed E-state index contributed by atoms with van der Waals surface area (Å²) in [5, 5.41) is 0.204. The first-order chi connectivity index (χ1) is 9.09. The van der Waals surface area contributed by atoms with Crippen LogP contribution in [0.3, 0.4) is 0 Å². The largest absolute Gasteiger partial charge is 0.336 e. The number of rotatable bonds is 4. The molecule has 4 nitrogen and oxygen atoms in total. The van der Waals surface area contributed by atoms with E-state index in [2.05, 4.69) is 0 Å². The molecule has 20 heavy (non-hydrogen) atoms. The Bertz CT molecular complexity index is 627. The van der Waals surface area contributed by atoms with E-state index in [1.165, 1.54) is 12.1 Å². The van der Waals surface area contributed by atoms with Crippen LogP contribution in [-0.2, 0) is 9.05 Å². The van der Waals surface area contributed by atoms with E-state index in [1.807, 2.05) is 20.8 Å². The lowest BCUT2D eigenvalue weighted by molar-refractivity contribution is 0.0716. The fraction of sp³-hybridized carbons (Fsp3) is 0.462. The van der Waals surface area contributed by atoms with E-state index in [1.54, 1.807) is 11.8 Å². The molecular weight excluding hydrogens is 321 g/mol. The summed E-state index contributed by atoms with van der Waals surface area (Å²) >= 11 is 6.00. The SMILES string of the molecule is CCN(C(=O)c1cc(S(=O)(=O)Cl)cc(Cl)c1C)C(C)C. The van der Waals surface area contributed by atoms with Crippen LogP contribution in [0.1, 0.15) is 36.7 Å². The van der Waals surface area contributed by atoms with Gasteiger partial charge in [0.15, 0.2) is 0 Å². The topological polar surface area (TPSA) is 54.5 Å². The van der Waals surface area contributed by atoms with Crippen LogP contribution in [0.2, 0.25) is 5.02 Å². The Hall–Kier alpha value is -0.780. The van der Waals surface area contributed by atoms with Gasteiger partial charge in [0, 0.05) is 33.9 Å². The predicted molar refractivity (Wildman–Crippen MR) is 81.1 cm³/mol. The van der Waals surface area contributed by atoms with E-state index in [0.717, 1.165) is 0 Å². The molecule has 0 spiro atoms. The van der Waals surface area contributed by atoms with Gasteiger partial charge in [-0.15, -0.1) is 0 Å². The van der Waals surface area contributed by atoms with Crippen molar-refractivity contribution in [2.24, 2.45) is 0 Å². The summed E-state index contributed by atoms with van der Waals surface area (Å²) < 4.78 is 22.9. The van der Waals surface area contributed by atoms with Gasteiger partial charge in [0.05, 0.1) is 4.90 Å². The van der Waals surface area contributed by atoms with Gasteiger partial charge in [0.1, 0.15) is 0 Å². The molecule has 1 aromatic carbocycles. The highest BCUT2D eigenvalue weighted by Gasteiger charge is 2.23. The molecular formula is C13H17Cl2NO3S. The van der Waals surface area contributed by atoms with E-state index in [-0.39, 0.29) is 27.4 Å². The zero-order valence-corrected chi connectivity index (χ0v) is 14.1. The summed E-state index contributed by atoms with van der Waals surface area (Å²) in [4.78, 5) is 14.0. The quantitative estimate of drug-likeness (QED) is 0.790. The van der Waals surface area contributed by atoms with E-state index < -0.39 is 9.05 Å². The number of amides is 1. The Kier molecular flexibility index (Phi) is 5.46. The number of carbonyl (C=O) groups excluding carboxylic acids is 1. The van der Waals surface area contributed by atoms with Crippen molar-refractivity contribution in [1.82, 2.24) is 4.90 Å². The zero-order valence-electron chi connectivity index (χ0n) is 11.8. The lowest BCUT2D eigenvalue weighted by Gasteiger charge is -2.26. The first-order valence-electron chi connectivity index (χ1n) is 6.15. The summed E-state index contributed by atoms with van der Waals surface area (Å²) in [5.41, 5.74) is 0.798. The van der Waals surface area contributed by atoms with Crippen LogP contribution in [0.25, 0.3) is 0 Å². The van der Waals surface area contributed by atoms with Crippen LogP contribution in [0.4, 0.5) is 0 Å². The smallest absolute Gasteiger partial charge is 0.261 e. The second-order valence-electron chi connectivity index (χ2n) is 4.70. The molecule has 0 fully saturated rings. The average Bonchev–Trinajstić information content (AvgIpc) is 2.31. The molecule has 0 aliphatic rings. The summed E-state index contributed by atoms with van der Waals surface area (Å²) in [7, 11) is 1.39. The van der Waals surface area contributed by atoms with Crippen molar-refractivity contribution in [3.63, 3.8) is 0 Å². The molecule has 7 heteroatoms. The van der Waals surface area contributed by atoms with Crippen molar-refractivity contribution >= 4 is 37.2 Å². The molecule has 0 heterocycles. The molecule has 0 saturated heterocycles. The van der Waals surface area contributed by atoms with Crippen molar-refractivity contribution in [3.8, 4) is 0 Å². The second-order valence-corrected chi connectivity index (χ2v) is 7.67. The third-order valence-corrected chi connectivity index (χ3v) is 4.78. The van der Waals surface area contributed by atoms with E-state index in [9.17, 15) is 13.2 Å². The molecule has 0 unspecified atom stereocenters. The van der Waals surface area contributed by atoms with E-state index in [4.69, 9.17) is 22.3 Å². The van der Waals surface area contributed by atoms with Gasteiger partial charge >= 0.3 is 0 Å². The van der Waals surface area contributed by atoms with Crippen molar-refractivity contribution < 1.29 is 13.2 Å². The van der Waals surface area contributed by atoms with E-state index >= 15 is 0 Å². The number of halogens is 2. The molecule has 0 radical (unpaired) electrons. The van der Waals surface area contributed by atoms with Crippen molar-refractivity contribution in [2.45, 2.75) is 38.6 Å². The lowest BCUT2D eigenvalue weighted by atomic mass is 10.1. The second kappa shape index (κ2) is 6.33. The van der Waals surface area contributed by atoms with E-state index in [0.29, 0.717) is 12.1 Å². The first kappa shape index (κ1) is 17.3. The third kappa shape index (κ3) is 3.65. The van der Waals surface area contributed by atoms with Crippen molar-refractivity contribution in [3.05, 3.63) is 28.3 Å². The maximum absolute atomic E-state index is 12.5. The van der Waals surface area contributed by atoms with Crippen LogP contribution in [0.15, 0.2) is 17.0 Å². The van der Waals surface area contributed by atoms with Gasteiger partial charge < -0.3 is 4.90 Å². The lowest BCUT2D eigenvalue weighted by Crippen LogP contribution is -2.37. The third-order valence-electron chi connectivity index (χ3n) is 3.05. The Morgan fingerprint density at radius 2 is 1.90 bits per heavy atom. The van der Waals surface area contributed by atoms with Gasteiger partial charge in [-0.2, -0.15) is 0 Å². The number of nitrogens with zero attached hydrogens (tertiary/aromatic N) is 1. The molecule has 1 rings (SSSR count). The standard InChI is InChI=1S/C13H17Cl2NO3S/c1-5-16(8(2)3)13(17)11-6-10(20(15,18)19)7-12(14)9(11)4/h6-8H,5H2,1-4H3. The minimum atomic E-state index is -3.93. The molecule has 0 saturated carbocycles. The predicted octanol–water partition coefficient (Wildman–Crippen LogP) is 3.45. The normalized spacial score (nSPS) is 11.8. The van der Waals surface area contributed by atoms with Gasteiger partial charge in [0.25, 0.3) is 15.0 Å². The summed E-state index contributed by atoms with van der Waals surface area (Å²) in [6, 6.07) is 2.53. The average molecular weight is 338 g/mol. The monoisotopic (exact) mass is 337 g/mol. The maximum Gasteiger partial charge on any atom is 0.261 e. The first-order valence-corrected chi connectivity index (χ1v) is 8.84. The minimum absolute atomic E-state index is 0.00180. The van der Waals surface area contributed by atoms with Gasteiger partial charge in [-0.1, -0.05) is 11.6 Å². The number of benzene rings is 1. The Balaban J connectivity index is 3.45. The van der Waals surface area contributed by atoms with Gasteiger partial charge in [0.2, 0.25) is 0 Å². The molecule has 0 atom stereocenters. The fourth-order valence-corrected chi connectivity index (χ4v) is 2.98. The number of carbonyl (C=O) groups is 1. The molecule has 0 bridgehead atoms. The number of hydrogen-bond acceptors (Lipinski definition) is 3. The molecule has 112 valence electrons. The van der Waals surface area contributed by atoms with Crippen molar-refractivity contribution in [2.75, 3.05) is 6.54 Å².